The van der Waals surface area contributed by atoms with Gasteiger partial charge in [-0.25, -0.2) is 4.79 Å². The maximum atomic E-state index is 11.7. The fourth-order valence-corrected chi connectivity index (χ4v) is 3.57. The second-order valence-corrected chi connectivity index (χ2v) is 6.92. The van der Waals surface area contributed by atoms with Crippen LogP contribution in [0.4, 0.5) is 10.5 Å². The number of nitrogens with zero attached hydrogens (tertiary/aromatic N) is 3. The van der Waals surface area contributed by atoms with Gasteiger partial charge in [0.1, 0.15) is 6.61 Å². The van der Waals surface area contributed by atoms with Crippen molar-refractivity contribution >= 4 is 11.8 Å². The van der Waals surface area contributed by atoms with Crippen LogP contribution in [-0.4, -0.2) is 42.6 Å². The monoisotopic (exact) mass is 377 g/mol. The van der Waals surface area contributed by atoms with Crippen molar-refractivity contribution in [1.29, 1.82) is 0 Å². The molecule has 3 aromatic rings. The highest BCUT2D eigenvalue weighted by molar-refractivity contribution is 5.89. The van der Waals surface area contributed by atoms with Crippen LogP contribution in [0.1, 0.15) is 17.9 Å². The van der Waals surface area contributed by atoms with Crippen molar-refractivity contribution in [3.63, 3.8) is 0 Å². The third-order valence-corrected chi connectivity index (χ3v) is 5.18. The average molecular weight is 377 g/mol. The van der Waals surface area contributed by atoms with E-state index in [9.17, 15) is 4.79 Å². The molecule has 2 saturated heterocycles. The molecule has 1 atom stereocenters. The van der Waals surface area contributed by atoms with Gasteiger partial charge in [-0.15, -0.1) is 0 Å². The molecular formula is C21H19N3O4. The normalized spacial score (nSPS) is 19.2. The molecule has 2 aliphatic heterocycles. The Morgan fingerprint density at radius 1 is 0.964 bits per heavy atom. The average Bonchev–Trinajstić information content (AvgIpc) is 3.50. The highest BCUT2D eigenvalue weighted by Gasteiger charge is 2.23. The molecule has 1 unspecified atom stereocenters. The van der Waals surface area contributed by atoms with Crippen LogP contribution in [0.5, 0.6) is 0 Å². The first kappa shape index (κ1) is 16.9. The predicted octanol–water partition coefficient (Wildman–Crippen LogP) is 3.86. The standard InChI is InChI=1S/C21H19N3O4/c25-21-24(10-12-27-21)18-7-5-15(6-8-18)19-22-20(28-23-19)16-3-1-14(2-4-16)17-9-11-26-13-17/h1-8,17H,9-13H2. The topological polar surface area (TPSA) is 77.7 Å². The van der Waals surface area contributed by atoms with Gasteiger partial charge in [-0.05, 0) is 48.4 Å². The second kappa shape index (κ2) is 7.09. The summed E-state index contributed by atoms with van der Waals surface area (Å²) in [6.45, 7) is 2.60. The van der Waals surface area contributed by atoms with Gasteiger partial charge >= 0.3 is 6.09 Å². The van der Waals surface area contributed by atoms with Gasteiger partial charge in [-0.2, -0.15) is 4.98 Å². The molecule has 0 spiro atoms. The third-order valence-electron chi connectivity index (χ3n) is 5.18. The van der Waals surface area contributed by atoms with Crippen LogP contribution in [-0.2, 0) is 9.47 Å². The van der Waals surface area contributed by atoms with E-state index >= 15 is 0 Å². The Balaban J connectivity index is 1.33. The van der Waals surface area contributed by atoms with Crippen LogP contribution < -0.4 is 4.90 Å². The van der Waals surface area contributed by atoms with E-state index in [1.807, 2.05) is 36.4 Å². The number of hydrogen-bond acceptors (Lipinski definition) is 6. The molecule has 3 heterocycles. The lowest BCUT2D eigenvalue weighted by Gasteiger charge is -2.12. The minimum atomic E-state index is -0.317. The molecule has 0 radical (unpaired) electrons. The zero-order chi connectivity index (χ0) is 18.9. The van der Waals surface area contributed by atoms with E-state index in [1.165, 1.54) is 5.56 Å². The lowest BCUT2D eigenvalue weighted by atomic mass is 9.97. The largest absolute Gasteiger partial charge is 0.447 e. The summed E-state index contributed by atoms with van der Waals surface area (Å²) in [5.41, 5.74) is 3.78. The van der Waals surface area contributed by atoms with Crippen LogP contribution in [0, 0.1) is 0 Å². The Labute approximate surface area is 161 Å². The smallest absolute Gasteiger partial charge is 0.414 e. The van der Waals surface area contributed by atoms with Gasteiger partial charge in [0.15, 0.2) is 0 Å². The van der Waals surface area contributed by atoms with Crippen LogP contribution >= 0.6 is 0 Å². The van der Waals surface area contributed by atoms with Crippen LogP contribution in [0.2, 0.25) is 0 Å². The lowest BCUT2D eigenvalue weighted by Crippen LogP contribution is -2.23. The van der Waals surface area contributed by atoms with E-state index in [0.717, 1.165) is 36.4 Å². The molecule has 7 nitrogen and oxygen atoms in total. The summed E-state index contributed by atoms with van der Waals surface area (Å²) in [5, 5.41) is 4.09. The molecule has 0 aliphatic carbocycles. The number of hydrogen-bond donors (Lipinski definition) is 0. The summed E-state index contributed by atoms with van der Waals surface area (Å²) in [7, 11) is 0. The van der Waals surface area contributed by atoms with Crippen LogP contribution in [0.25, 0.3) is 22.8 Å². The molecule has 7 heteroatoms. The van der Waals surface area contributed by atoms with Crippen LogP contribution in [0.3, 0.4) is 0 Å². The highest BCUT2D eigenvalue weighted by Crippen LogP contribution is 2.29. The Hall–Kier alpha value is -3.19. The molecule has 1 amide bonds. The molecule has 0 N–H and O–H groups in total. The molecule has 28 heavy (non-hydrogen) atoms. The summed E-state index contributed by atoms with van der Waals surface area (Å²) in [6, 6.07) is 15.7. The maximum absolute atomic E-state index is 11.7. The first-order valence-corrected chi connectivity index (χ1v) is 9.34. The molecule has 2 fully saturated rings. The maximum Gasteiger partial charge on any atom is 0.414 e. The number of carbonyl (C=O) groups excluding carboxylic acids is 1. The van der Waals surface area contributed by atoms with Crippen molar-refractivity contribution in [1.82, 2.24) is 10.1 Å². The zero-order valence-corrected chi connectivity index (χ0v) is 15.2. The number of benzene rings is 2. The van der Waals surface area contributed by atoms with E-state index < -0.39 is 0 Å². The van der Waals surface area contributed by atoms with Gasteiger partial charge in [0, 0.05) is 29.3 Å². The number of carbonyl (C=O) groups is 1. The van der Waals surface area contributed by atoms with Gasteiger partial charge in [-0.3, -0.25) is 4.90 Å². The van der Waals surface area contributed by atoms with Gasteiger partial charge in [-0.1, -0.05) is 17.3 Å². The van der Waals surface area contributed by atoms with E-state index in [2.05, 4.69) is 22.3 Å². The van der Waals surface area contributed by atoms with E-state index in [-0.39, 0.29) is 6.09 Å². The van der Waals surface area contributed by atoms with Gasteiger partial charge < -0.3 is 14.0 Å². The minimum absolute atomic E-state index is 0.317. The number of amides is 1. The molecule has 0 saturated carbocycles. The lowest BCUT2D eigenvalue weighted by molar-refractivity contribution is 0.181. The number of aromatic nitrogens is 2. The Morgan fingerprint density at radius 3 is 2.43 bits per heavy atom. The summed E-state index contributed by atoms with van der Waals surface area (Å²) >= 11 is 0. The first-order valence-electron chi connectivity index (χ1n) is 9.34. The van der Waals surface area contributed by atoms with Gasteiger partial charge in [0.05, 0.1) is 13.2 Å². The fourth-order valence-electron chi connectivity index (χ4n) is 3.57. The molecule has 0 bridgehead atoms. The second-order valence-electron chi connectivity index (χ2n) is 6.92. The van der Waals surface area contributed by atoms with E-state index in [4.69, 9.17) is 14.0 Å². The van der Waals surface area contributed by atoms with Crippen molar-refractivity contribution in [2.45, 2.75) is 12.3 Å². The minimum Gasteiger partial charge on any atom is -0.447 e. The van der Waals surface area contributed by atoms with Crippen molar-refractivity contribution in [2.75, 3.05) is 31.3 Å². The van der Waals surface area contributed by atoms with Crippen molar-refractivity contribution < 1.29 is 18.8 Å². The number of cyclic esters (lactones) is 1. The molecule has 2 aromatic carbocycles. The fraction of sp³-hybridized carbons (Fsp3) is 0.286. The Morgan fingerprint density at radius 2 is 1.75 bits per heavy atom. The first-order chi connectivity index (χ1) is 13.8. The highest BCUT2D eigenvalue weighted by atomic mass is 16.6. The SMILES string of the molecule is O=C1OCCN1c1ccc(-c2noc(-c3ccc(C4CCOC4)cc3)n2)cc1. The van der Waals surface area contributed by atoms with Crippen molar-refractivity contribution in [3.05, 3.63) is 54.1 Å². The molecule has 5 rings (SSSR count). The predicted molar refractivity (Wildman–Crippen MR) is 102 cm³/mol. The Kier molecular flexibility index (Phi) is 4.29. The summed E-state index contributed by atoms with van der Waals surface area (Å²) in [5.74, 6) is 1.47. The summed E-state index contributed by atoms with van der Waals surface area (Å²) in [6.07, 6.45) is 0.747. The Bertz CT molecular complexity index is 976. The van der Waals surface area contributed by atoms with E-state index in [1.54, 1.807) is 4.90 Å². The van der Waals surface area contributed by atoms with Gasteiger partial charge in [0.25, 0.3) is 5.89 Å². The number of rotatable bonds is 4. The quantitative estimate of drug-likeness (QED) is 0.687. The summed E-state index contributed by atoms with van der Waals surface area (Å²) < 4.78 is 15.9. The van der Waals surface area contributed by atoms with Gasteiger partial charge in [0.2, 0.25) is 5.82 Å². The molecule has 2 aliphatic rings. The zero-order valence-electron chi connectivity index (χ0n) is 15.2. The number of ether oxygens (including phenoxy) is 2. The van der Waals surface area contributed by atoms with E-state index in [0.29, 0.717) is 30.8 Å². The summed E-state index contributed by atoms with van der Waals surface area (Å²) in [4.78, 5) is 17.8. The molecule has 1 aromatic heterocycles. The molecular weight excluding hydrogens is 358 g/mol. The molecule has 142 valence electrons. The number of anilines is 1. The van der Waals surface area contributed by atoms with Crippen molar-refractivity contribution in [3.8, 4) is 22.8 Å². The third kappa shape index (κ3) is 3.14. The van der Waals surface area contributed by atoms with Crippen molar-refractivity contribution in [2.24, 2.45) is 0 Å². The van der Waals surface area contributed by atoms with Crippen LogP contribution in [0.15, 0.2) is 53.1 Å².